The first kappa shape index (κ1) is 18.3. The summed E-state index contributed by atoms with van der Waals surface area (Å²) in [6, 6.07) is 5.78. The molecular weight excluding hydrogens is 334 g/mol. The molecule has 7 nitrogen and oxygen atoms in total. The highest BCUT2D eigenvalue weighted by Gasteiger charge is 2.24. The second-order valence-electron chi connectivity index (χ2n) is 6.64. The van der Waals surface area contributed by atoms with Crippen molar-refractivity contribution in [3.05, 3.63) is 23.9 Å². The molecule has 1 aliphatic heterocycles. The Kier molecular flexibility index (Phi) is 5.46. The number of methoxy groups -OCH3 is 2. The zero-order valence-corrected chi connectivity index (χ0v) is 15.4. The third-order valence-electron chi connectivity index (χ3n) is 4.95. The number of aromatic nitrogens is 1. The minimum Gasteiger partial charge on any atom is -0.497 e. The zero-order valence-electron chi connectivity index (χ0n) is 15.4. The average Bonchev–Trinajstić information content (AvgIpc) is 3.00. The van der Waals surface area contributed by atoms with Crippen LogP contribution in [0, 0.1) is 0 Å². The van der Waals surface area contributed by atoms with Crippen LogP contribution < -0.4 is 10.1 Å². The van der Waals surface area contributed by atoms with Crippen LogP contribution in [0.25, 0.3) is 10.9 Å². The second-order valence-corrected chi connectivity index (χ2v) is 6.64. The minimum atomic E-state index is -0.526. The summed E-state index contributed by atoms with van der Waals surface area (Å²) in [6.45, 7) is 3.37. The number of amides is 1. The quantitative estimate of drug-likeness (QED) is 0.802. The highest BCUT2D eigenvalue weighted by atomic mass is 16.5. The number of piperidine rings is 1. The molecular formula is C19H25N3O4. The smallest absolute Gasteiger partial charge is 0.356 e. The van der Waals surface area contributed by atoms with Gasteiger partial charge in [0.15, 0.2) is 0 Å². The number of ether oxygens (including phenoxy) is 2. The number of nitrogens with one attached hydrogen (secondary N) is 2. The van der Waals surface area contributed by atoms with Gasteiger partial charge in [-0.15, -0.1) is 0 Å². The third-order valence-corrected chi connectivity index (χ3v) is 4.95. The van der Waals surface area contributed by atoms with Crippen LogP contribution in [0.3, 0.4) is 0 Å². The average molecular weight is 359 g/mol. The second kappa shape index (κ2) is 7.78. The molecule has 140 valence electrons. The topological polar surface area (TPSA) is 83.7 Å². The standard InChI is InChI=1S/C19H25N3O4/c1-12-6-4-5-9-22(12)11-16(23)21-17-14-8-7-13(25-2)10-15(14)20-18(17)19(24)26-3/h7-8,10,12,20H,4-6,9,11H2,1-3H3,(H,21,23). The number of H-pyrrole nitrogens is 1. The maximum Gasteiger partial charge on any atom is 0.356 e. The van der Waals surface area contributed by atoms with Crippen molar-refractivity contribution in [2.75, 3.05) is 32.6 Å². The van der Waals surface area contributed by atoms with Crippen molar-refractivity contribution in [3.63, 3.8) is 0 Å². The number of likely N-dealkylation sites (tertiary alicyclic amines) is 1. The zero-order chi connectivity index (χ0) is 18.7. The number of carbonyl (C=O) groups is 2. The summed E-state index contributed by atoms with van der Waals surface area (Å²) in [5.41, 5.74) is 1.38. The molecule has 1 saturated heterocycles. The van der Waals surface area contributed by atoms with Crippen molar-refractivity contribution in [1.29, 1.82) is 0 Å². The summed E-state index contributed by atoms with van der Waals surface area (Å²) >= 11 is 0. The Hall–Kier alpha value is -2.54. The van der Waals surface area contributed by atoms with Gasteiger partial charge in [-0.05, 0) is 38.4 Å². The summed E-state index contributed by atoms with van der Waals surface area (Å²) in [7, 11) is 2.89. The van der Waals surface area contributed by atoms with Crippen molar-refractivity contribution >= 4 is 28.5 Å². The van der Waals surface area contributed by atoms with Gasteiger partial charge in [0, 0.05) is 17.5 Å². The number of anilines is 1. The molecule has 2 heterocycles. The lowest BCUT2D eigenvalue weighted by atomic mass is 10.0. The van der Waals surface area contributed by atoms with E-state index in [4.69, 9.17) is 9.47 Å². The van der Waals surface area contributed by atoms with Crippen LogP contribution in [0.4, 0.5) is 5.69 Å². The summed E-state index contributed by atoms with van der Waals surface area (Å²) < 4.78 is 10.1. The molecule has 0 saturated carbocycles. The van der Waals surface area contributed by atoms with E-state index < -0.39 is 5.97 Å². The van der Waals surface area contributed by atoms with Gasteiger partial charge < -0.3 is 19.8 Å². The van der Waals surface area contributed by atoms with E-state index in [0.717, 1.165) is 24.8 Å². The number of fused-ring (bicyclic) bond motifs is 1. The number of aromatic amines is 1. The van der Waals surface area contributed by atoms with Crippen LogP contribution in [-0.4, -0.2) is 55.1 Å². The fourth-order valence-electron chi connectivity index (χ4n) is 3.44. The first-order valence-electron chi connectivity index (χ1n) is 8.85. The van der Waals surface area contributed by atoms with Crippen molar-refractivity contribution in [2.24, 2.45) is 0 Å². The van der Waals surface area contributed by atoms with E-state index in [1.165, 1.54) is 13.5 Å². The van der Waals surface area contributed by atoms with E-state index in [0.29, 0.717) is 29.5 Å². The number of carbonyl (C=O) groups excluding carboxylic acids is 2. The first-order chi connectivity index (χ1) is 12.5. The maximum absolute atomic E-state index is 12.6. The molecule has 1 amide bonds. The maximum atomic E-state index is 12.6. The SMILES string of the molecule is COC(=O)c1[nH]c2cc(OC)ccc2c1NC(=O)CN1CCCCC1C. The van der Waals surface area contributed by atoms with Crippen LogP contribution in [-0.2, 0) is 9.53 Å². The number of hydrogen-bond donors (Lipinski definition) is 2. The van der Waals surface area contributed by atoms with Crippen molar-refractivity contribution in [2.45, 2.75) is 32.2 Å². The lowest BCUT2D eigenvalue weighted by Crippen LogP contribution is -2.42. The molecule has 2 N–H and O–H groups in total. The molecule has 1 aromatic heterocycles. The Labute approximate surface area is 152 Å². The summed E-state index contributed by atoms with van der Waals surface area (Å²) in [5.74, 6) is -0.00221. The number of benzene rings is 1. The molecule has 1 aromatic carbocycles. The van der Waals surface area contributed by atoms with E-state index in [1.54, 1.807) is 19.2 Å². The molecule has 2 aromatic rings. The molecule has 1 fully saturated rings. The van der Waals surface area contributed by atoms with Crippen LogP contribution in [0.15, 0.2) is 18.2 Å². The number of nitrogens with zero attached hydrogens (tertiary/aromatic N) is 1. The molecule has 0 bridgehead atoms. The van der Waals surface area contributed by atoms with Crippen LogP contribution in [0.1, 0.15) is 36.7 Å². The molecule has 0 spiro atoms. The molecule has 1 aliphatic rings. The summed E-state index contributed by atoms with van der Waals surface area (Å²) in [4.78, 5) is 29.9. The van der Waals surface area contributed by atoms with E-state index in [-0.39, 0.29) is 11.6 Å². The van der Waals surface area contributed by atoms with Gasteiger partial charge in [0.1, 0.15) is 11.4 Å². The molecule has 1 atom stereocenters. The lowest BCUT2D eigenvalue weighted by Gasteiger charge is -2.32. The van der Waals surface area contributed by atoms with Gasteiger partial charge >= 0.3 is 5.97 Å². The van der Waals surface area contributed by atoms with Crippen molar-refractivity contribution in [3.8, 4) is 5.75 Å². The van der Waals surface area contributed by atoms with Gasteiger partial charge in [-0.25, -0.2) is 4.79 Å². The van der Waals surface area contributed by atoms with E-state index >= 15 is 0 Å². The first-order valence-corrected chi connectivity index (χ1v) is 8.85. The Morgan fingerprint density at radius 2 is 2.12 bits per heavy atom. The fraction of sp³-hybridized carbons (Fsp3) is 0.474. The lowest BCUT2D eigenvalue weighted by molar-refractivity contribution is -0.118. The Morgan fingerprint density at radius 1 is 1.31 bits per heavy atom. The van der Waals surface area contributed by atoms with Crippen LogP contribution in [0.2, 0.25) is 0 Å². The Morgan fingerprint density at radius 3 is 2.81 bits per heavy atom. The minimum absolute atomic E-state index is 0.138. The highest BCUT2D eigenvalue weighted by Crippen LogP contribution is 2.31. The molecule has 0 radical (unpaired) electrons. The van der Waals surface area contributed by atoms with Gasteiger partial charge in [0.05, 0.1) is 32.0 Å². The van der Waals surface area contributed by atoms with E-state index in [1.807, 2.05) is 6.07 Å². The number of rotatable bonds is 5. The van der Waals surface area contributed by atoms with Crippen molar-refractivity contribution < 1.29 is 19.1 Å². The molecule has 0 aliphatic carbocycles. The van der Waals surface area contributed by atoms with Crippen molar-refractivity contribution in [1.82, 2.24) is 9.88 Å². The monoisotopic (exact) mass is 359 g/mol. The Balaban J connectivity index is 1.87. The van der Waals surface area contributed by atoms with Gasteiger partial charge in [0.2, 0.25) is 5.91 Å². The third kappa shape index (κ3) is 3.67. The normalized spacial score (nSPS) is 17.9. The molecule has 1 unspecified atom stereocenters. The van der Waals surface area contributed by atoms with Gasteiger partial charge in [0.25, 0.3) is 0 Å². The summed E-state index contributed by atoms with van der Waals surface area (Å²) in [5, 5.41) is 3.64. The van der Waals surface area contributed by atoms with E-state index in [9.17, 15) is 9.59 Å². The predicted molar refractivity (Wildman–Crippen MR) is 99.7 cm³/mol. The summed E-state index contributed by atoms with van der Waals surface area (Å²) in [6.07, 6.45) is 3.42. The molecule has 3 rings (SSSR count). The Bertz CT molecular complexity index is 814. The van der Waals surface area contributed by atoms with Crippen LogP contribution >= 0.6 is 0 Å². The number of esters is 1. The predicted octanol–water partition coefficient (Wildman–Crippen LogP) is 2.78. The molecule has 26 heavy (non-hydrogen) atoms. The van der Waals surface area contributed by atoms with Gasteiger partial charge in [-0.2, -0.15) is 0 Å². The highest BCUT2D eigenvalue weighted by molar-refractivity contribution is 6.11. The number of hydrogen-bond acceptors (Lipinski definition) is 5. The van der Waals surface area contributed by atoms with E-state index in [2.05, 4.69) is 22.1 Å². The van der Waals surface area contributed by atoms with Gasteiger partial charge in [-0.1, -0.05) is 6.42 Å². The van der Waals surface area contributed by atoms with Crippen LogP contribution in [0.5, 0.6) is 5.75 Å². The van der Waals surface area contributed by atoms with Gasteiger partial charge in [-0.3, -0.25) is 9.69 Å². The largest absolute Gasteiger partial charge is 0.497 e. The fourth-order valence-corrected chi connectivity index (χ4v) is 3.44. The molecule has 7 heteroatoms.